The van der Waals surface area contributed by atoms with Gasteiger partial charge in [0.15, 0.2) is 0 Å². The first-order chi connectivity index (χ1) is 8.86. The number of nitrogens with zero attached hydrogens (tertiary/aromatic N) is 1. The number of anilines is 2. The van der Waals surface area contributed by atoms with Crippen molar-refractivity contribution in [3.63, 3.8) is 0 Å². The molecule has 0 fully saturated rings. The molecule has 0 saturated carbocycles. The lowest BCUT2D eigenvalue weighted by molar-refractivity contribution is -0.141. The summed E-state index contributed by atoms with van der Waals surface area (Å²) in [4.78, 5) is 16.4. The highest BCUT2D eigenvalue weighted by atomic mass is 32.1. The number of rotatable bonds is 3. The van der Waals surface area contributed by atoms with Crippen LogP contribution >= 0.6 is 11.3 Å². The second-order valence-electron chi connectivity index (χ2n) is 3.68. The molecule has 4 N–H and O–H groups in total. The highest BCUT2D eigenvalue weighted by Crippen LogP contribution is 2.31. The first-order valence-corrected chi connectivity index (χ1v) is 5.97. The average Bonchev–Trinajstić information content (AvgIpc) is 2.72. The summed E-state index contributed by atoms with van der Waals surface area (Å²) in [6.45, 7) is 0.171. The summed E-state index contributed by atoms with van der Waals surface area (Å²) in [6, 6.07) is 0.833. The van der Waals surface area contributed by atoms with Crippen molar-refractivity contribution < 1.29 is 13.2 Å². The Balaban J connectivity index is 2.17. The second-order valence-corrected chi connectivity index (χ2v) is 4.52. The SMILES string of the molecule is Nc1cnc(C(F)(F)F)cc1NCc1csc(=O)[nH]1. The van der Waals surface area contributed by atoms with Crippen LogP contribution in [-0.4, -0.2) is 9.97 Å². The quantitative estimate of drug-likeness (QED) is 0.807. The number of thiazole rings is 1. The van der Waals surface area contributed by atoms with Gasteiger partial charge in [-0.15, -0.1) is 0 Å². The van der Waals surface area contributed by atoms with E-state index in [0.29, 0.717) is 5.69 Å². The zero-order chi connectivity index (χ0) is 14.0. The highest BCUT2D eigenvalue weighted by Gasteiger charge is 2.32. The predicted octanol–water partition coefficient (Wildman–Crippen LogP) is 2.04. The largest absolute Gasteiger partial charge is 0.433 e. The summed E-state index contributed by atoms with van der Waals surface area (Å²) in [7, 11) is 0. The van der Waals surface area contributed by atoms with Crippen molar-refractivity contribution in [3.05, 3.63) is 38.7 Å². The van der Waals surface area contributed by atoms with Gasteiger partial charge < -0.3 is 16.0 Å². The third-order valence-corrected chi connectivity index (χ3v) is 2.98. The van der Waals surface area contributed by atoms with Gasteiger partial charge in [0.2, 0.25) is 0 Å². The molecule has 0 atom stereocenters. The van der Waals surface area contributed by atoms with Gasteiger partial charge in [0.1, 0.15) is 5.69 Å². The second kappa shape index (κ2) is 4.92. The first-order valence-electron chi connectivity index (χ1n) is 5.09. The molecule has 0 amide bonds. The molecular formula is C10H9F3N4OS. The molecule has 102 valence electrons. The molecule has 0 spiro atoms. The third-order valence-electron chi connectivity index (χ3n) is 2.27. The van der Waals surface area contributed by atoms with Gasteiger partial charge in [0.25, 0.3) is 0 Å². The number of halogens is 3. The van der Waals surface area contributed by atoms with Crippen LogP contribution in [0, 0.1) is 0 Å². The molecule has 0 saturated heterocycles. The van der Waals surface area contributed by atoms with Crippen LogP contribution in [-0.2, 0) is 12.7 Å². The van der Waals surface area contributed by atoms with Crippen LogP contribution in [0.15, 0.2) is 22.4 Å². The number of nitrogen functional groups attached to an aromatic ring is 1. The van der Waals surface area contributed by atoms with E-state index in [1.807, 2.05) is 0 Å². The third kappa shape index (κ3) is 3.25. The van der Waals surface area contributed by atoms with Crippen LogP contribution in [0.4, 0.5) is 24.5 Å². The Morgan fingerprint density at radius 3 is 2.79 bits per heavy atom. The number of hydrogen-bond donors (Lipinski definition) is 3. The van der Waals surface area contributed by atoms with Crippen molar-refractivity contribution >= 4 is 22.7 Å². The van der Waals surface area contributed by atoms with Gasteiger partial charge in [-0.1, -0.05) is 11.3 Å². The van der Waals surface area contributed by atoms with Gasteiger partial charge in [-0.2, -0.15) is 13.2 Å². The minimum absolute atomic E-state index is 0.102. The number of alkyl halides is 3. The average molecular weight is 290 g/mol. The van der Waals surface area contributed by atoms with E-state index in [1.54, 1.807) is 5.38 Å². The van der Waals surface area contributed by atoms with Crippen LogP contribution in [0.25, 0.3) is 0 Å². The fourth-order valence-corrected chi connectivity index (χ4v) is 1.95. The monoisotopic (exact) mass is 290 g/mol. The van der Waals surface area contributed by atoms with E-state index in [2.05, 4.69) is 15.3 Å². The zero-order valence-corrected chi connectivity index (χ0v) is 10.2. The minimum Gasteiger partial charge on any atom is -0.396 e. The fraction of sp³-hybridized carbons (Fsp3) is 0.200. The molecule has 2 rings (SSSR count). The molecule has 0 aliphatic carbocycles. The molecule has 2 aromatic rings. The lowest BCUT2D eigenvalue weighted by Gasteiger charge is -2.11. The maximum Gasteiger partial charge on any atom is 0.433 e. The lowest BCUT2D eigenvalue weighted by atomic mass is 10.2. The van der Waals surface area contributed by atoms with Crippen molar-refractivity contribution in [2.75, 3.05) is 11.1 Å². The van der Waals surface area contributed by atoms with E-state index in [9.17, 15) is 18.0 Å². The van der Waals surface area contributed by atoms with Gasteiger partial charge in [-0.3, -0.25) is 4.79 Å². The van der Waals surface area contributed by atoms with Gasteiger partial charge in [0.05, 0.1) is 24.1 Å². The lowest BCUT2D eigenvalue weighted by Crippen LogP contribution is -2.11. The number of nitrogens with two attached hydrogens (primary N) is 1. The molecule has 2 heterocycles. The van der Waals surface area contributed by atoms with Crippen molar-refractivity contribution in [3.8, 4) is 0 Å². The zero-order valence-electron chi connectivity index (χ0n) is 9.41. The highest BCUT2D eigenvalue weighted by molar-refractivity contribution is 7.07. The van der Waals surface area contributed by atoms with Crippen molar-refractivity contribution in [1.82, 2.24) is 9.97 Å². The van der Waals surface area contributed by atoms with Gasteiger partial charge in [0, 0.05) is 11.1 Å². The maximum atomic E-state index is 12.5. The summed E-state index contributed by atoms with van der Waals surface area (Å²) in [6.07, 6.45) is -3.58. The van der Waals surface area contributed by atoms with E-state index < -0.39 is 11.9 Å². The summed E-state index contributed by atoms with van der Waals surface area (Å²) in [5, 5.41) is 4.31. The summed E-state index contributed by atoms with van der Waals surface area (Å²) < 4.78 is 37.5. The van der Waals surface area contributed by atoms with Gasteiger partial charge in [-0.25, -0.2) is 4.98 Å². The van der Waals surface area contributed by atoms with E-state index >= 15 is 0 Å². The first kappa shape index (κ1) is 13.4. The molecule has 0 radical (unpaired) electrons. The molecule has 0 bridgehead atoms. The molecule has 5 nitrogen and oxygen atoms in total. The fourth-order valence-electron chi connectivity index (χ4n) is 1.37. The topological polar surface area (TPSA) is 83.8 Å². The van der Waals surface area contributed by atoms with E-state index in [4.69, 9.17) is 5.73 Å². The van der Waals surface area contributed by atoms with E-state index in [-0.39, 0.29) is 22.8 Å². The van der Waals surface area contributed by atoms with Crippen LogP contribution in [0.5, 0.6) is 0 Å². The normalized spacial score (nSPS) is 11.5. The van der Waals surface area contributed by atoms with Gasteiger partial charge in [-0.05, 0) is 6.07 Å². The number of aromatic nitrogens is 2. The molecule has 2 aromatic heterocycles. The Kier molecular flexibility index (Phi) is 3.47. The van der Waals surface area contributed by atoms with Crippen LogP contribution in [0.2, 0.25) is 0 Å². The van der Waals surface area contributed by atoms with Crippen LogP contribution < -0.4 is 15.9 Å². The minimum atomic E-state index is -4.53. The summed E-state index contributed by atoms with van der Waals surface area (Å²) in [5.74, 6) is 0. The Hall–Kier alpha value is -2.03. The van der Waals surface area contributed by atoms with Crippen LogP contribution in [0.1, 0.15) is 11.4 Å². The van der Waals surface area contributed by atoms with Crippen molar-refractivity contribution in [2.24, 2.45) is 0 Å². The standard InChI is InChI=1S/C10H9F3N4OS/c11-10(12,13)8-1-7(6(14)3-16-8)15-2-5-4-19-9(18)17-5/h1,3-4H,2,14H2,(H,15,16)(H,17,18). The molecule has 9 heteroatoms. The molecule has 0 aromatic carbocycles. The smallest absolute Gasteiger partial charge is 0.396 e. The Morgan fingerprint density at radius 2 is 2.21 bits per heavy atom. The predicted molar refractivity (Wildman–Crippen MR) is 65.9 cm³/mol. The Morgan fingerprint density at radius 1 is 1.47 bits per heavy atom. The van der Waals surface area contributed by atoms with Crippen molar-refractivity contribution in [1.29, 1.82) is 0 Å². The number of hydrogen-bond acceptors (Lipinski definition) is 5. The molecular weight excluding hydrogens is 281 g/mol. The Bertz CT molecular complexity index is 634. The molecule has 19 heavy (non-hydrogen) atoms. The molecule has 0 unspecified atom stereocenters. The van der Waals surface area contributed by atoms with E-state index in [0.717, 1.165) is 23.6 Å². The Labute approximate surface area is 109 Å². The maximum absolute atomic E-state index is 12.5. The number of pyridine rings is 1. The number of nitrogens with one attached hydrogen (secondary N) is 2. The summed E-state index contributed by atoms with van der Waals surface area (Å²) >= 11 is 0.976. The van der Waals surface area contributed by atoms with Crippen LogP contribution in [0.3, 0.4) is 0 Å². The molecule has 0 aliphatic rings. The number of H-pyrrole nitrogens is 1. The molecule has 0 aliphatic heterocycles. The summed E-state index contributed by atoms with van der Waals surface area (Å²) in [5.41, 5.74) is 5.31. The number of aromatic amines is 1. The van der Waals surface area contributed by atoms with Crippen molar-refractivity contribution in [2.45, 2.75) is 12.7 Å². The van der Waals surface area contributed by atoms with E-state index in [1.165, 1.54) is 0 Å². The van der Waals surface area contributed by atoms with Gasteiger partial charge >= 0.3 is 11.0 Å².